The fourth-order valence-corrected chi connectivity index (χ4v) is 0.529. The molecule has 3 nitrogen and oxygen atoms in total. The summed E-state index contributed by atoms with van der Waals surface area (Å²) >= 11 is 0. The van der Waals surface area contributed by atoms with Crippen LogP contribution in [0.3, 0.4) is 0 Å². The first-order chi connectivity index (χ1) is 4.63. The molecule has 3 heteroatoms. The van der Waals surface area contributed by atoms with Gasteiger partial charge in [-0.15, -0.1) is 0 Å². The molecule has 0 radical (unpaired) electrons. The number of Topliss-reactive ketones (excluding diaryl/α,β-unsaturated/α-hetero) is 2. The van der Waals surface area contributed by atoms with Crippen LogP contribution in [0.25, 0.3) is 0 Å². The van der Waals surface area contributed by atoms with E-state index in [1.54, 1.807) is 0 Å². The molecule has 1 N–H and O–H groups in total. The number of ketones is 2. The van der Waals surface area contributed by atoms with Crippen molar-refractivity contribution in [2.75, 3.05) is 13.1 Å². The molecule has 0 atom stereocenters. The average Bonchev–Trinajstić information content (AvgIpc) is 1.79. The number of rotatable bonds is 5. The summed E-state index contributed by atoms with van der Waals surface area (Å²) in [5.74, 6) is 0.250. The van der Waals surface area contributed by atoms with Gasteiger partial charge in [-0.1, -0.05) is 0 Å². The lowest BCUT2D eigenvalue weighted by Gasteiger charge is -1.97. The largest absolute Gasteiger partial charge is 0.310 e. The predicted molar refractivity (Wildman–Crippen MR) is 38.8 cm³/mol. The highest BCUT2D eigenvalue weighted by Crippen LogP contribution is 1.77. The molecule has 0 fully saturated rings. The summed E-state index contributed by atoms with van der Waals surface area (Å²) < 4.78 is 0. The minimum atomic E-state index is 0.101. The molecule has 0 spiro atoms. The monoisotopic (exact) mass is 143 g/mol. The summed E-state index contributed by atoms with van der Waals surface area (Å²) in [6.07, 6.45) is 0.507. The van der Waals surface area contributed by atoms with E-state index in [0.717, 1.165) is 0 Å². The minimum Gasteiger partial charge on any atom is -0.310 e. The van der Waals surface area contributed by atoms with Crippen LogP contribution < -0.4 is 5.32 Å². The van der Waals surface area contributed by atoms with Gasteiger partial charge in [-0.05, 0) is 13.8 Å². The van der Waals surface area contributed by atoms with Crippen LogP contribution in [0, 0.1) is 0 Å². The van der Waals surface area contributed by atoms with Crippen LogP contribution in [0.1, 0.15) is 20.3 Å². The number of carbonyl (C=O) groups is 2. The van der Waals surface area contributed by atoms with Crippen molar-refractivity contribution in [3.63, 3.8) is 0 Å². The Hall–Kier alpha value is -0.700. The van der Waals surface area contributed by atoms with E-state index in [0.29, 0.717) is 19.5 Å². The molecule has 0 aliphatic rings. The zero-order valence-electron chi connectivity index (χ0n) is 6.44. The van der Waals surface area contributed by atoms with E-state index >= 15 is 0 Å². The van der Waals surface area contributed by atoms with Gasteiger partial charge in [0.05, 0.1) is 6.54 Å². The third-order valence-corrected chi connectivity index (χ3v) is 1.03. The Morgan fingerprint density at radius 2 is 1.80 bits per heavy atom. The Balaban J connectivity index is 3.06. The van der Waals surface area contributed by atoms with E-state index in [1.807, 2.05) is 0 Å². The van der Waals surface area contributed by atoms with Gasteiger partial charge in [0.1, 0.15) is 11.6 Å². The lowest BCUT2D eigenvalue weighted by molar-refractivity contribution is -0.118. The van der Waals surface area contributed by atoms with Crippen molar-refractivity contribution >= 4 is 11.6 Å². The van der Waals surface area contributed by atoms with E-state index in [2.05, 4.69) is 5.32 Å². The Morgan fingerprint density at radius 3 is 2.20 bits per heavy atom. The van der Waals surface area contributed by atoms with Gasteiger partial charge in [-0.2, -0.15) is 0 Å². The van der Waals surface area contributed by atoms with E-state index in [1.165, 1.54) is 13.8 Å². The maximum Gasteiger partial charge on any atom is 0.143 e. The Labute approximate surface area is 60.8 Å². The van der Waals surface area contributed by atoms with Crippen LogP contribution in [0.4, 0.5) is 0 Å². The quantitative estimate of drug-likeness (QED) is 0.557. The summed E-state index contributed by atoms with van der Waals surface area (Å²) in [5.41, 5.74) is 0. The normalized spacial score (nSPS) is 9.40. The van der Waals surface area contributed by atoms with E-state index in [9.17, 15) is 9.59 Å². The summed E-state index contributed by atoms with van der Waals surface area (Å²) in [6.45, 7) is 4.03. The Bertz CT molecular complexity index is 116. The molecular weight excluding hydrogens is 130 g/mol. The molecule has 10 heavy (non-hydrogen) atoms. The van der Waals surface area contributed by atoms with Gasteiger partial charge in [0.2, 0.25) is 0 Å². The molecule has 0 aromatic carbocycles. The molecule has 0 aromatic heterocycles. The zero-order valence-corrected chi connectivity index (χ0v) is 6.44. The minimum absolute atomic E-state index is 0.101. The van der Waals surface area contributed by atoms with E-state index < -0.39 is 0 Å². The highest BCUT2D eigenvalue weighted by atomic mass is 16.1. The first kappa shape index (κ1) is 9.30. The van der Waals surface area contributed by atoms with Crippen LogP contribution >= 0.6 is 0 Å². The Morgan fingerprint density at radius 1 is 1.20 bits per heavy atom. The summed E-state index contributed by atoms with van der Waals surface area (Å²) in [5, 5.41) is 2.85. The zero-order chi connectivity index (χ0) is 7.98. The molecule has 0 aliphatic heterocycles. The van der Waals surface area contributed by atoms with Crippen LogP contribution in [0.2, 0.25) is 0 Å². The van der Waals surface area contributed by atoms with Crippen LogP contribution in [-0.2, 0) is 9.59 Å². The molecule has 0 saturated heterocycles. The van der Waals surface area contributed by atoms with Crippen LogP contribution in [0.5, 0.6) is 0 Å². The maximum absolute atomic E-state index is 10.4. The van der Waals surface area contributed by atoms with E-state index in [4.69, 9.17) is 0 Å². The van der Waals surface area contributed by atoms with Crippen molar-refractivity contribution < 1.29 is 9.59 Å². The molecule has 0 saturated carbocycles. The second-order valence-corrected chi connectivity index (χ2v) is 2.33. The second kappa shape index (κ2) is 5.11. The lowest BCUT2D eigenvalue weighted by Crippen LogP contribution is -2.23. The topological polar surface area (TPSA) is 46.2 Å². The molecule has 58 valence electrons. The number of hydrogen-bond donors (Lipinski definition) is 1. The maximum atomic E-state index is 10.4. The highest BCUT2D eigenvalue weighted by Gasteiger charge is 1.93. The summed E-state index contributed by atoms with van der Waals surface area (Å²) in [7, 11) is 0. The smallest absolute Gasteiger partial charge is 0.143 e. The molecule has 0 amide bonds. The van der Waals surface area contributed by atoms with Crippen molar-refractivity contribution in [1.29, 1.82) is 0 Å². The second-order valence-electron chi connectivity index (χ2n) is 2.33. The molecular formula is C7H13NO2. The van der Waals surface area contributed by atoms with Crippen molar-refractivity contribution in [2.24, 2.45) is 0 Å². The van der Waals surface area contributed by atoms with Gasteiger partial charge >= 0.3 is 0 Å². The molecule has 0 aromatic rings. The molecule has 0 unspecified atom stereocenters. The summed E-state index contributed by atoms with van der Waals surface area (Å²) in [4.78, 5) is 20.7. The first-order valence-corrected chi connectivity index (χ1v) is 3.32. The highest BCUT2D eigenvalue weighted by molar-refractivity contribution is 5.78. The standard InChI is InChI=1S/C7H13NO2/c1-6(9)3-4-8-5-7(2)10/h8H,3-5H2,1-2H3. The molecule has 0 bridgehead atoms. The average molecular weight is 143 g/mol. The predicted octanol–water partition coefficient (Wildman–Crippen LogP) is 0.144. The van der Waals surface area contributed by atoms with Crippen molar-refractivity contribution in [3.8, 4) is 0 Å². The third kappa shape index (κ3) is 7.30. The lowest BCUT2D eigenvalue weighted by atomic mass is 10.3. The van der Waals surface area contributed by atoms with Crippen molar-refractivity contribution in [1.82, 2.24) is 5.32 Å². The van der Waals surface area contributed by atoms with E-state index in [-0.39, 0.29) is 11.6 Å². The van der Waals surface area contributed by atoms with Gasteiger partial charge in [0.25, 0.3) is 0 Å². The number of carbonyl (C=O) groups excluding carboxylic acids is 2. The fraction of sp³-hybridized carbons (Fsp3) is 0.714. The first-order valence-electron chi connectivity index (χ1n) is 3.32. The van der Waals surface area contributed by atoms with Crippen molar-refractivity contribution in [3.05, 3.63) is 0 Å². The van der Waals surface area contributed by atoms with Gasteiger partial charge in [0.15, 0.2) is 0 Å². The SMILES string of the molecule is CC(=O)CCNCC(C)=O. The fourth-order valence-electron chi connectivity index (χ4n) is 0.529. The van der Waals surface area contributed by atoms with Gasteiger partial charge in [-0.25, -0.2) is 0 Å². The summed E-state index contributed by atoms with van der Waals surface area (Å²) in [6, 6.07) is 0. The molecule has 0 aliphatic carbocycles. The van der Waals surface area contributed by atoms with Crippen LogP contribution in [0.15, 0.2) is 0 Å². The third-order valence-electron chi connectivity index (χ3n) is 1.03. The number of hydrogen-bond acceptors (Lipinski definition) is 3. The Kier molecular flexibility index (Phi) is 4.76. The van der Waals surface area contributed by atoms with Gasteiger partial charge < -0.3 is 5.32 Å². The molecule has 0 rings (SSSR count). The van der Waals surface area contributed by atoms with Crippen LogP contribution in [-0.4, -0.2) is 24.7 Å². The molecule has 0 heterocycles. The number of nitrogens with one attached hydrogen (secondary N) is 1. The van der Waals surface area contributed by atoms with Crippen molar-refractivity contribution in [2.45, 2.75) is 20.3 Å². The van der Waals surface area contributed by atoms with Gasteiger partial charge in [0, 0.05) is 13.0 Å². The van der Waals surface area contributed by atoms with Gasteiger partial charge in [-0.3, -0.25) is 9.59 Å².